The molecule has 0 amide bonds. The van der Waals surface area contributed by atoms with Gasteiger partial charge in [0.05, 0.1) is 0 Å². The Kier molecular flexibility index (Phi) is 20.1. The molecule has 1 heteroatoms. The zero-order chi connectivity index (χ0) is 28.1. The number of fused-ring (bicyclic) bond motifs is 1. The van der Waals surface area contributed by atoms with Crippen LogP contribution in [0.5, 0.6) is 0 Å². The number of anilines is 1. The van der Waals surface area contributed by atoms with Crippen LogP contribution in [0, 0.1) is 0 Å². The highest BCUT2D eigenvalue weighted by Gasteiger charge is 2.31. The molecule has 37 heavy (non-hydrogen) atoms. The van der Waals surface area contributed by atoms with Gasteiger partial charge in [-0.2, -0.15) is 0 Å². The standard InChI is InChI=1S/C26H31N.C6H14.2C2H6/c1-4-5-9-19(2)12-13-20(3)26-24(21-10-7-6-8-11-21)16-14-22-18-23(27)15-17-25(22)26;1-3-5-6-4-2;2*1-2/h6-8,10-13,15,17-18,24,26H,2-5,9,14,16,27H2,1H3;3-6H2,1-2H3;2*1-2H3/b13-12-;;;. The fourth-order valence-electron chi connectivity index (χ4n) is 4.67. The quantitative estimate of drug-likeness (QED) is 0.195. The molecule has 3 rings (SSSR count). The molecule has 2 N–H and O–H groups in total. The van der Waals surface area contributed by atoms with E-state index in [-0.39, 0.29) is 5.92 Å². The summed E-state index contributed by atoms with van der Waals surface area (Å²) < 4.78 is 0. The van der Waals surface area contributed by atoms with E-state index in [2.05, 4.69) is 88.5 Å². The summed E-state index contributed by atoms with van der Waals surface area (Å²) in [5.41, 5.74) is 13.4. The number of benzene rings is 2. The third kappa shape index (κ3) is 12.5. The minimum atomic E-state index is 0.284. The normalized spacial score (nSPS) is 15.6. The molecule has 0 aromatic heterocycles. The summed E-state index contributed by atoms with van der Waals surface area (Å²) in [4.78, 5) is 0. The molecule has 2 unspecified atom stereocenters. The van der Waals surface area contributed by atoms with Crippen LogP contribution >= 0.6 is 0 Å². The number of aryl methyl sites for hydroxylation is 1. The lowest BCUT2D eigenvalue weighted by molar-refractivity contribution is 0.524. The van der Waals surface area contributed by atoms with Gasteiger partial charge in [0.2, 0.25) is 0 Å². The summed E-state index contributed by atoms with van der Waals surface area (Å²) in [6, 6.07) is 17.2. The fourth-order valence-corrected chi connectivity index (χ4v) is 4.67. The van der Waals surface area contributed by atoms with Crippen molar-refractivity contribution in [1.82, 2.24) is 0 Å². The van der Waals surface area contributed by atoms with Crippen LogP contribution in [-0.4, -0.2) is 0 Å². The Morgan fingerprint density at radius 1 is 0.838 bits per heavy atom. The summed E-state index contributed by atoms with van der Waals surface area (Å²) in [7, 11) is 0. The molecule has 0 heterocycles. The van der Waals surface area contributed by atoms with Gasteiger partial charge in [0.25, 0.3) is 0 Å². The highest BCUT2D eigenvalue weighted by molar-refractivity contribution is 5.52. The van der Waals surface area contributed by atoms with Gasteiger partial charge >= 0.3 is 0 Å². The van der Waals surface area contributed by atoms with Crippen molar-refractivity contribution in [3.63, 3.8) is 0 Å². The lowest BCUT2D eigenvalue weighted by Gasteiger charge is -2.35. The zero-order valence-corrected chi connectivity index (χ0v) is 25.3. The predicted molar refractivity (Wildman–Crippen MR) is 171 cm³/mol. The minimum Gasteiger partial charge on any atom is -0.399 e. The van der Waals surface area contributed by atoms with E-state index in [9.17, 15) is 0 Å². The van der Waals surface area contributed by atoms with Gasteiger partial charge in [-0.3, -0.25) is 0 Å². The Bertz CT molecular complexity index is 886. The van der Waals surface area contributed by atoms with Gasteiger partial charge in [0.1, 0.15) is 0 Å². The van der Waals surface area contributed by atoms with E-state index >= 15 is 0 Å². The van der Waals surface area contributed by atoms with Gasteiger partial charge in [-0.05, 0) is 66.0 Å². The van der Waals surface area contributed by atoms with Gasteiger partial charge in [0, 0.05) is 11.6 Å². The molecular weight excluding hydrogens is 446 g/mol. The number of nitrogen functional groups attached to an aromatic ring is 1. The first-order chi connectivity index (χ1) is 18.0. The molecular formula is C36H57N. The largest absolute Gasteiger partial charge is 0.399 e. The molecule has 2 aromatic carbocycles. The van der Waals surface area contributed by atoms with E-state index < -0.39 is 0 Å². The lowest BCUT2D eigenvalue weighted by atomic mass is 9.69. The zero-order valence-electron chi connectivity index (χ0n) is 25.3. The van der Waals surface area contributed by atoms with Crippen molar-refractivity contribution in [2.75, 3.05) is 5.73 Å². The third-order valence-corrected chi connectivity index (χ3v) is 6.60. The molecule has 0 radical (unpaired) electrons. The van der Waals surface area contributed by atoms with E-state index in [1.165, 1.54) is 60.8 Å². The van der Waals surface area contributed by atoms with Gasteiger partial charge < -0.3 is 5.73 Å². The Morgan fingerprint density at radius 2 is 1.43 bits per heavy atom. The van der Waals surface area contributed by atoms with Crippen LogP contribution in [0.25, 0.3) is 0 Å². The molecule has 1 nitrogen and oxygen atoms in total. The average molecular weight is 504 g/mol. The molecule has 0 spiro atoms. The first kappa shape index (κ1) is 34.5. The summed E-state index contributed by atoms with van der Waals surface area (Å²) in [6.07, 6.45) is 15.5. The van der Waals surface area contributed by atoms with E-state index in [0.717, 1.165) is 30.5 Å². The number of hydrogen-bond donors (Lipinski definition) is 1. The number of nitrogens with two attached hydrogens (primary N) is 1. The molecule has 0 saturated carbocycles. The highest BCUT2D eigenvalue weighted by Crippen LogP contribution is 2.46. The van der Waals surface area contributed by atoms with E-state index in [1.807, 2.05) is 33.8 Å². The summed E-state index contributed by atoms with van der Waals surface area (Å²) in [6.45, 7) is 23.3. The van der Waals surface area contributed by atoms with Crippen LogP contribution in [0.1, 0.15) is 128 Å². The van der Waals surface area contributed by atoms with Crippen LogP contribution in [0.15, 0.2) is 85.0 Å². The Hall–Kier alpha value is -2.54. The molecule has 0 saturated heterocycles. The SMILES string of the molecule is C=C(/C=C\C(=C)C1c2ccc(N)cc2CCC1c1ccccc1)CCCC.CC.CC.CCCCCC. The number of hydrogen-bond acceptors (Lipinski definition) is 1. The second-order valence-electron chi connectivity index (χ2n) is 9.37. The summed E-state index contributed by atoms with van der Waals surface area (Å²) in [5, 5.41) is 0. The summed E-state index contributed by atoms with van der Waals surface area (Å²) in [5.74, 6) is 0.732. The maximum absolute atomic E-state index is 6.05. The molecule has 2 atom stereocenters. The molecule has 0 fully saturated rings. The first-order valence-corrected chi connectivity index (χ1v) is 15.0. The van der Waals surface area contributed by atoms with Crippen LogP contribution in [0.3, 0.4) is 0 Å². The van der Waals surface area contributed by atoms with Crippen molar-refractivity contribution in [3.05, 3.63) is 102 Å². The van der Waals surface area contributed by atoms with Crippen LogP contribution in [0.2, 0.25) is 0 Å². The van der Waals surface area contributed by atoms with Crippen LogP contribution < -0.4 is 5.73 Å². The van der Waals surface area contributed by atoms with E-state index in [1.54, 1.807) is 0 Å². The molecule has 1 aliphatic rings. The number of rotatable bonds is 10. The number of unbranched alkanes of at least 4 members (excludes halogenated alkanes) is 4. The van der Waals surface area contributed by atoms with Crippen molar-refractivity contribution in [2.45, 2.75) is 118 Å². The van der Waals surface area contributed by atoms with Gasteiger partial charge in [-0.25, -0.2) is 0 Å². The molecule has 206 valence electrons. The molecule has 0 bridgehead atoms. The molecule has 1 aliphatic carbocycles. The van der Waals surface area contributed by atoms with Crippen molar-refractivity contribution >= 4 is 5.69 Å². The molecule has 2 aromatic rings. The number of allylic oxidation sites excluding steroid dienone is 4. The monoisotopic (exact) mass is 503 g/mol. The minimum absolute atomic E-state index is 0.284. The Balaban J connectivity index is 0.00000112. The van der Waals surface area contributed by atoms with Crippen LogP contribution in [-0.2, 0) is 6.42 Å². The van der Waals surface area contributed by atoms with Crippen LogP contribution in [0.4, 0.5) is 5.69 Å². The first-order valence-electron chi connectivity index (χ1n) is 15.0. The topological polar surface area (TPSA) is 26.0 Å². The van der Waals surface area contributed by atoms with E-state index in [0.29, 0.717) is 5.92 Å². The lowest BCUT2D eigenvalue weighted by Crippen LogP contribution is -2.20. The maximum atomic E-state index is 6.05. The van der Waals surface area contributed by atoms with Crippen molar-refractivity contribution in [1.29, 1.82) is 0 Å². The Morgan fingerprint density at radius 3 is 2.00 bits per heavy atom. The fraction of sp³-hybridized carbons (Fsp3) is 0.500. The smallest absolute Gasteiger partial charge is 0.0316 e. The average Bonchev–Trinajstić information content (AvgIpc) is 2.95. The van der Waals surface area contributed by atoms with Crippen molar-refractivity contribution in [2.24, 2.45) is 0 Å². The summed E-state index contributed by atoms with van der Waals surface area (Å²) >= 11 is 0. The third-order valence-electron chi connectivity index (χ3n) is 6.60. The predicted octanol–water partition coefficient (Wildman–Crippen LogP) is 11.6. The second kappa shape index (κ2) is 21.5. The maximum Gasteiger partial charge on any atom is 0.0316 e. The van der Waals surface area contributed by atoms with Crippen molar-refractivity contribution in [3.8, 4) is 0 Å². The highest BCUT2D eigenvalue weighted by atomic mass is 14.5. The Labute approximate surface area is 231 Å². The van der Waals surface area contributed by atoms with Gasteiger partial charge in [-0.1, -0.05) is 148 Å². The molecule has 0 aliphatic heterocycles. The van der Waals surface area contributed by atoms with Crippen molar-refractivity contribution < 1.29 is 0 Å². The van der Waals surface area contributed by atoms with E-state index in [4.69, 9.17) is 5.73 Å². The van der Waals surface area contributed by atoms with Gasteiger partial charge in [-0.15, -0.1) is 0 Å². The van der Waals surface area contributed by atoms with Gasteiger partial charge in [0.15, 0.2) is 0 Å². The second-order valence-corrected chi connectivity index (χ2v) is 9.37.